The number of carbonyl (C=O) groups excluding carboxylic acids is 2. The third-order valence-electron chi connectivity index (χ3n) is 6.62. The fraction of sp³-hybridized carbons (Fsp3) is 0.357. The number of piperazine rings is 1. The van der Waals surface area contributed by atoms with E-state index in [0.29, 0.717) is 55.5 Å². The molecule has 200 valence electrons. The third-order valence-corrected chi connectivity index (χ3v) is 6.62. The summed E-state index contributed by atoms with van der Waals surface area (Å²) in [5.41, 5.74) is 2.13. The molecule has 1 aromatic heterocycles. The standard InChI is InChI=1S/C28H33N5O5/c1-5-31(28(35)20-6-9-22(36-2)10-7-20)19-27(34)33-16-14-32(15-17-33)26-13-11-23(29-30-26)21-8-12-24(37-3)25(18-21)38-4/h6-13,18H,5,14-17,19H2,1-4H3. The zero-order chi connectivity index (χ0) is 27.1. The molecule has 0 spiro atoms. The minimum atomic E-state index is -0.174. The summed E-state index contributed by atoms with van der Waals surface area (Å²) in [6.45, 7) is 4.72. The van der Waals surface area contributed by atoms with E-state index in [1.165, 1.54) is 0 Å². The molecule has 1 saturated heterocycles. The molecule has 0 bridgehead atoms. The van der Waals surface area contributed by atoms with Crippen LogP contribution in [0.1, 0.15) is 17.3 Å². The highest BCUT2D eigenvalue weighted by atomic mass is 16.5. The number of amides is 2. The van der Waals surface area contributed by atoms with E-state index in [0.717, 1.165) is 17.1 Å². The van der Waals surface area contributed by atoms with Crippen LogP contribution in [-0.4, -0.2) is 92.4 Å². The Morgan fingerprint density at radius 3 is 2.13 bits per heavy atom. The number of methoxy groups -OCH3 is 3. The summed E-state index contributed by atoms with van der Waals surface area (Å²) in [5, 5.41) is 8.81. The van der Waals surface area contributed by atoms with Crippen LogP contribution < -0.4 is 19.1 Å². The second kappa shape index (κ2) is 12.3. The van der Waals surface area contributed by atoms with Gasteiger partial charge in [0.25, 0.3) is 5.91 Å². The molecule has 1 aliphatic rings. The molecule has 0 saturated carbocycles. The Balaban J connectivity index is 1.33. The average Bonchev–Trinajstić information content (AvgIpc) is 2.99. The van der Waals surface area contributed by atoms with Crippen LogP contribution in [-0.2, 0) is 4.79 Å². The lowest BCUT2D eigenvalue weighted by Gasteiger charge is -2.36. The fourth-order valence-electron chi connectivity index (χ4n) is 4.34. The summed E-state index contributed by atoms with van der Waals surface area (Å²) < 4.78 is 15.8. The van der Waals surface area contributed by atoms with Gasteiger partial charge in [-0.1, -0.05) is 0 Å². The molecule has 2 amide bonds. The molecule has 1 fully saturated rings. The van der Waals surface area contributed by atoms with Crippen molar-refractivity contribution in [3.8, 4) is 28.5 Å². The van der Waals surface area contributed by atoms with Gasteiger partial charge in [-0.15, -0.1) is 10.2 Å². The molecule has 1 aliphatic heterocycles. The number of aromatic nitrogens is 2. The lowest BCUT2D eigenvalue weighted by atomic mass is 10.1. The summed E-state index contributed by atoms with van der Waals surface area (Å²) >= 11 is 0. The van der Waals surface area contributed by atoms with Gasteiger partial charge >= 0.3 is 0 Å². The van der Waals surface area contributed by atoms with Crippen LogP contribution in [0.5, 0.6) is 17.2 Å². The highest BCUT2D eigenvalue weighted by molar-refractivity contribution is 5.96. The number of benzene rings is 2. The van der Waals surface area contributed by atoms with E-state index in [9.17, 15) is 9.59 Å². The van der Waals surface area contributed by atoms with Gasteiger partial charge in [0.05, 0.1) is 27.0 Å². The number of likely N-dealkylation sites (N-methyl/N-ethyl adjacent to an activating group) is 1. The first-order valence-corrected chi connectivity index (χ1v) is 12.5. The lowest BCUT2D eigenvalue weighted by Crippen LogP contribution is -2.52. The summed E-state index contributed by atoms with van der Waals surface area (Å²) in [4.78, 5) is 31.4. The van der Waals surface area contributed by atoms with Crippen LogP contribution >= 0.6 is 0 Å². The quantitative estimate of drug-likeness (QED) is 0.426. The summed E-state index contributed by atoms with van der Waals surface area (Å²) in [6.07, 6.45) is 0. The van der Waals surface area contributed by atoms with Gasteiger partial charge in [-0.3, -0.25) is 9.59 Å². The normalized spacial score (nSPS) is 13.2. The fourth-order valence-corrected chi connectivity index (χ4v) is 4.34. The van der Waals surface area contributed by atoms with Crippen LogP contribution in [0.2, 0.25) is 0 Å². The van der Waals surface area contributed by atoms with Crippen LogP contribution in [0, 0.1) is 0 Å². The van der Waals surface area contributed by atoms with Crippen molar-refractivity contribution in [1.29, 1.82) is 0 Å². The summed E-state index contributed by atoms with van der Waals surface area (Å²) in [6, 6.07) is 16.4. The molecule has 4 rings (SSSR count). The van der Waals surface area contributed by atoms with Crippen LogP contribution in [0.15, 0.2) is 54.6 Å². The Kier molecular flexibility index (Phi) is 8.62. The van der Waals surface area contributed by atoms with E-state index in [1.54, 1.807) is 55.4 Å². The minimum Gasteiger partial charge on any atom is -0.497 e. The molecule has 10 heteroatoms. The van der Waals surface area contributed by atoms with Crippen molar-refractivity contribution in [2.24, 2.45) is 0 Å². The first kappa shape index (κ1) is 26.7. The zero-order valence-corrected chi connectivity index (χ0v) is 22.2. The predicted molar refractivity (Wildman–Crippen MR) is 144 cm³/mol. The van der Waals surface area contributed by atoms with Crippen molar-refractivity contribution in [1.82, 2.24) is 20.0 Å². The van der Waals surface area contributed by atoms with Gasteiger partial charge in [-0.2, -0.15) is 0 Å². The second-order valence-electron chi connectivity index (χ2n) is 8.76. The van der Waals surface area contributed by atoms with Gasteiger partial charge in [0.15, 0.2) is 17.3 Å². The minimum absolute atomic E-state index is 0.0428. The van der Waals surface area contributed by atoms with Crippen molar-refractivity contribution in [3.05, 3.63) is 60.2 Å². The van der Waals surface area contributed by atoms with Gasteiger partial charge in [-0.25, -0.2) is 0 Å². The van der Waals surface area contributed by atoms with Crippen molar-refractivity contribution >= 4 is 17.6 Å². The average molecular weight is 520 g/mol. The Morgan fingerprint density at radius 1 is 0.842 bits per heavy atom. The number of rotatable bonds is 9. The molecular formula is C28H33N5O5. The predicted octanol–water partition coefficient (Wildman–Crippen LogP) is 2.98. The molecule has 10 nitrogen and oxygen atoms in total. The summed E-state index contributed by atoms with van der Waals surface area (Å²) in [5.74, 6) is 2.48. The number of hydrogen-bond acceptors (Lipinski definition) is 8. The first-order valence-electron chi connectivity index (χ1n) is 12.5. The van der Waals surface area contributed by atoms with E-state index >= 15 is 0 Å². The maximum Gasteiger partial charge on any atom is 0.254 e. The van der Waals surface area contributed by atoms with Gasteiger partial charge in [-0.05, 0) is 61.5 Å². The Hall–Kier alpha value is -4.34. The van der Waals surface area contributed by atoms with Gasteiger partial charge in [0.1, 0.15) is 12.3 Å². The van der Waals surface area contributed by atoms with Gasteiger partial charge in [0, 0.05) is 43.9 Å². The third kappa shape index (κ3) is 5.96. The SMILES string of the molecule is CCN(CC(=O)N1CCN(c2ccc(-c3ccc(OC)c(OC)c3)nn2)CC1)C(=O)c1ccc(OC)cc1. The number of ether oxygens (including phenoxy) is 3. The van der Waals surface area contributed by atoms with Crippen molar-refractivity contribution in [2.75, 3.05) is 65.5 Å². The largest absolute Gasteiger partial charge is 0.497 e. The molecule has 38 heavy (non-hydrogen) atoms. The number of nitrogens with zero attached hydrogens (tertiary/aromatic N) is 5. The van der Waals surface area contributed by atoms with E-state index in [1.807, 2.05) is 37.3 Å². The second-order valence-corrected chi connectivity index (χ2v) is 8.76. The zero-order valence-electron chi connectivity index (χ0n) is 22.2. The van der Waals surface area contributed by atoms with E-state index < -0.39 is 0 Å². The topological polar surface area (TPSA) is 97.3 Å². The molecule has 3 aromatic rings. The van der Waals surface area contributed by atoms with Gasteiger partial charge < -0.3 is 28.9 Å². The van der Waals surface area contributed by atoms with Crippen LogP contribution in [0.4, 0.5) is 5.82 Å². The Bertz CT molecular complexity index is 1240. The van der Waals surface area contributed by atoms with Crippen LogP contribution in [0.3, 0.4) is 0 Å². The molecular weight excluding hydrogens is 486 g/mol. The smallest absolute Gasteiger partial charge is 0.254 e. The molecule has 2 heterocycles. The lowest BCUT2D eigenvalue weighted by molar-refractivity contribution is -0.132. The molecule has 0 N–H and O–H groups in total. The van der Waals surface area contributed by atoms with Crippen molar-refractivity contribution in [3.63, 3.8) is 0 Å². The first-order chi connectivity index (χ1) is 18.5. The number of anilines is 1. The van der Waals surface area contributed by atoms with E-state index in [2.05, 4.69) is 15.1 Å². The number of carbonyl (C=O) groups is 2. The summed E-state index contributed by atoms with van der Waals surface area (Å²) in [7, 11) is 4.77. The highest BCUT2D eigenvalue weighted by Gasteiger charge is 2.25. The maximum atomic E-state index is 13.0. The van der Waals surface area contributed by atoms with Crippen molar-refractivity contribution in [2.45, 2.75) is 6.92 Å². The van der Waals surface area contributed by atoms with Gasteiger partial charge in [0.2, 0.25) is 5.91 Å². The monoisotopic (exact) mass is 519 g/mol. The molecule has 0 radical (unpaired) electrons. The van der Waals surface area contributed by atoms with E-state index in [-0.39, 0.29) is 18.4 Å². The van der Waals surface area contributed by atoms with Crippen molar-refractivity contribution < 1.29 is 23.8 Å². The molecule has 0 aliphatic carbocycles. The molecule has 0 unspecified atom stereocenters. The molecule has 2 aromatic carbocycles. The maximum absolute atomic E-state index is 13.0. The van der Waals surface area contributed by atoms with Crippen LogP contribution in [0.25, 0.3) is 11.3 Å². The number of hydrogen-bond donors (Lipinski definition) is 0. The highest BCUT2D eigenvalue weighted by Crippen LogP contribution is 2.31. The Labute approximate surface area is 222 Å². The van der Waals surface area contributed by atoms with E-state index in [4.69, 9.17) is 14.2 Å². The molecule has 0 atom stereocenters. The Morgan fingerprint density at radius 2 is 1.55 bits per heavy atom.